The van der Waals surface area contributed by atoms with Crippen LogP contribution in [0.3, 0.4) is 0 Å². The van der Waals surface area contributed by atoms with E-state index in [9.17, 15) is 35.8 Å². The largest absolute Gasteiger partial charge is 0.505 e. The molecule has 15 nitrogen and oxygen atoms in total. The van der Waals surface area contributed by atoms with Gasteiger partial charge in [0, 0.05) is 6.07 Å². The number of ether oxygens (including phenoxy) is 1. The average molecular weight is 487 g/mol. The molecule has 0 atom stereocenters. The van der Waals surface area contributed by atoms with Gasteiger partial charge in [-0.25, -0.2) is 4.79 Å². The molecule has 0 amide bonds. The molecule has 3 rings (SSSR count). The Morgan fingerprint density at radius 3 is 2.34 bits per heavy atom. The number of fused-ring (bicyclic) bond motifs is 1. The minimum atomic E-state index is -5.04. The van der Waals surface area contributed by atoms with Gasteiger partial charge in [-0.3, -0.25) is 14.2 Å². The summed E-state index contributed by atoms with van der Waals surface area (Å²) >= 11 is 0. The predicted molar refractivity (Wildman–Crippen MR) is 104 cm³/mol. The SMILES string of the molecule is CCOc1cc(S(=O)(=O)O)cc2cc(S(=O)(=O)O)c(N=Nc3n[nH]c(C(=O)O)n3)c(O)c12. The number of H-pyrrole nitrogens is 1. The van der Waals surface area contributed by atoms with Crippen LogP contribution in [0.15, 0.2) is 38.2 Å². The third-order valence-corrected chi connectivity index (χ3v) is 5.58. The number of aromatic hydroxyl groups is 1. The molecule has 2 aromatic carbocycles. The van der Waals surface area contributed by atoms with Gasteiger partial charge in [-0.05, 0) is 24.4 Å². The Kier molecular flexibility index (Phi) is 5.83. The van der Waals surface area contributed by atoms with Crippen LogP contribution in [0.2, 0.25) is 0 Å². The molecule has 170 valence electrons. The van der Waals surface area contributed by atoms with Crippen molar-refractivity contribution < 1.29 is 45.7 Å². The number of azo groups is 1. The molecule has 0 spiro atoms. The first kappa shape index (κ1) is 23.0. The van der Waals surface area contributed by atoms with E-state index in [2.05, 4.69) is 20.3 Å². The van der Waals surface area contributed by atoms with Crippen LogP contribution in [0.25, 0.3) is 10.8 Å². The van der Waals surface area contributed by atoms with Gasteiger partial charge in [0.15, 0.2) is 5.75 Å². The van der Waals surface area contributed by atoms with E-state index >= 15 is 0 Å². The minimum Gasteiger partial charge on any atom is -0.505 e. The molecule has 0 bridgehead atoms. The van der Waals surface area contributed by atoms with E-state index < -0.39 is 59.2 Å². The van der Waals surface area contributed by atoms with Gasteiger partial charge in [0.2, 0.25) is 5.82 Å². The summed E-state index contributed by atoms with van der Waals surface area (Å²) in [4.78, 5) is 12.7. The van der Waals surface area contributed by atoms with E-state index in [1.807, 2.05) is 5.10 Å². The number of carboxylic acids is 1. The normalized spacial score (nSPS) is 12.5. The lowest BCUT2D eigenvalue weighted by molar-refractivity contribution is 0.0684. The van der Waals surface area contributed by atoms with Gasteiger partial charge in [0.1, 0.15) is 16.3 Å². The van der Waals surface area contributed by atoms with Gasteiger partial charge in [0.05, 0.1) is 16.9 Å². The zero-order chi connectivity index (χ0) is 23.8. The van der Waals surface area contributed by atoms with Crippen molar-refractivity contribution >= 4 is 48.6 Å². The van der Waals surface area contributed by atoms with Crippen molar-refractivity contribution in [3.05, 3.63) is 24.0 Å². The van der Waals surface area contributed by atoms with Crippen LogP contribution in [0.5, 0.6) is 11.5 Å². The van der Waals surface area contributed by atoms with Gasteiger partial charge in [-0.15, -0.1) is 15.3 Å². The summed E-state index contributed by atoms with van der Waals surface area (Å²) in [6.45, 7) is 1.54. The van der Waals surface area contributed by atoms with Crippen LogP contribution < -0.4 is 4.74 Å². The smallest absolute Gasteiger partial charge is 0.373 e. The summed E-state index contributed by atoms with van der Waals surface area (Å²) in [5.74, 6) is -3.71. The predicted octanol–water partition coefficient (Wildman–Crippen LogP) is 1.67. The molecule has 1 heterocycles. The number of phenols is 1. The van der Waals surface area contributed by atoms with Gasteiger partial charge >= 0.3 is 5.97 Å². The summed E-state index contributed by atoms with van der Waals surface area (Å²) in [5, 5.41) is 31.5. The second kappa shape index (κ2) is 8.11. The number of nitrogens with one attached hydrogen (secondary N) is 1. The Balaban J connectivity index is 2.33. The fourth-order valence-corrected chi connectivity index (χ4v) is 3.81. The molecule has 17 heteroatoms. The molecule has 0 unspecified atom stereocenters. The summed E-state index contributed by atoms with van der Waals surface area (Å²) in [6.07, 6.45) is 0. The van der Waals surface area contributed by atoms with Crippen molar-refractivity contribution in [3.8, 4) is 11.5 Å². The zero-order valence-electron chi connectivity index (χ0n) is 15.8. The number of rotatable bonds is 7. The Hall–Kier alpha value is -3.67. The molecule has 1 aromatic heterocycles. The van der Waals surface area contributed by atoms with Gasteiger partial charge < -0.3 is 14.9 Å². The van der Waals surface area contributed by atoms with Crippen molar-refractivity contribution in [1.29, 1.82) is 0 Å². The number of aromatic carboxylic acids is 1. The topological polar surface area (TPSA) is 242 Å². The Bertz CT molecular complexity index is 1480. The number of carboxylic acid groups (broad SMARTS) is 1. The first-order valence-corrected chi connectivity index (χ1v) is 11.2. The number of hydrogen-bond acceptors (Lipinski definition) is 11. The first-order chi connectivity index (χ1) is 14.8. The van der Waals surface area contributed by atoms with Gasteiger partial charge in [-0.1, -0.05) is 0 Å². The lowest BCUT2D eigenvalue weighted by Gasteiger charge is -2.14. The van der Waals surface area contributed by atoms with Gasteiger partial charge in [-0.2, -0.15) is 21.8 Å². The molecule has 0 fully saturated rings. The minimum absolute atomic E-state index is 0.00444. The maximum atomic E-state index is 11.9. The number of benzene rings is 2. The molecular formula is C15H13N5O10S2. The van der Waals surface area contributed by atoms with Crippen molar-refractivity contribution in [2.24, 2.45) is 10.2 Å². The standard InChI is InChI=1S/C15H13N5O10S2/c1-2-30-8-5-7(31(24,25)26)3-6-4-9(32(27,28)29)11(12(21)10(6)8)17-19-15-16-13(14(22)23)18-20-15/h3-5,21H,2H2,1H3,(H,22,23)(H,16,18,20)(H,24,25,26)(H,27,28,29). The first-order valence-electron chi connectivity index (χ1n) is 8.31. The molecule has 3 aromatic rings. The number of carbonyl (C=O) groups is 1. The Morgan fingerprint density at radius 2 is 1.81 bits per heavy atom. The highest BCUT2D eigenvalue weighted by Crippen LogP contribution is 2.45. The highest BCUT2D eigenvalue weighted by Gasteiger charge is 2.26. The Labute approximate surface area is 178 Å². The molecule has 0 aliphatic carbocycles. The van der Waals surface area contributed by atoms with E-state index in [0.717, 1.165) is 18.2 Å². The summed E-state index contributed by atoms with van der Waals surface area (Å²) < 4.78 is 71.1. The molecular weight excluding hydrogens is 474 g/mol. The molecule has 0 saturated heterocycles. The number of hydrogen-bond donors (Lipinski definition) is 5. The van der Waals surface area contributed by atoms with E-state index in [0.29, 0.717) is 0 Å². The van der Waals surface area contributed by atoms with Crippen LogP contribution in [-0.2, 0) is 20.2 Å². The van der Waals surface area contributed by atoms with E-state index in [1.54, 1.807) is 6.92 Å². The lowest BCUT2D eigenvalue weighted by atomic mass is 10.1. The molecule has 0 aliphatic rings. The van der Waals surface area contributed by atoms with E-state index in [1.165, 1.54) is 0 Å². The molecule has 0 saturated carbocycles. The van der Waals surface area contributed by atoms with Crippen LogP contribution in [0.1, 0.15) is 17.5 Å². The fraction of sp³-hybridized carbons (Fsp3) is 0.133. The van der Waals surface area contributed by atoms with Crippen molar-refractivity contribution in [2.45, 2.75) is 16.7 Å². The van der Waals surface area contributed by atoms with Crippen LogP contribution in [-0.4, -0.2) is 63.9 Å². The van der Waals surface area contributed by atoms with E-state index in [-0.39, 0.29) is 23.1 Å². The summed E-state index contributed by atoms with van der Waals surface area (Å²) in [6, 6.07) is 2.51. The molecule has 5 N–H and O–H groups in total. The van der Waals surface area contributed by atoms with E-state index in [4.69, 9.17) is 9.84 Å². The second-order valence-electron chi connectivity index (χ2n) is 5.96. The number of aromatic nitrogens is 3. The highest BCUT2D eigenvalue weighted by molar-refractivity contribution is 7.86. The van der Waals surface area contributed by atoms with Gasteiger partial charge in [0.25, 0.3) is 26.2 Å². The third kappa shape index (κ3) is 4.49. The molecule has 32 heavy (non-hydrogen) atoms. The Morgan fingerprint density at radius 1 is 1.12 bits per heavy atom. The zero-order valence-corrected chi connectivity index (χ0v) is 17.4. The number of nitrogens with zero attached hydrogens (tertiary/aromatic N) is 4. The van der Waals surface area contributed by atoms with Crippen molar-refractivity contribution in [3.63, 3.8) is 0 Å². The number of aromatic amines is 1. The average Bonchev–Trinajstić information content (AvgIpc) is 3.15. The lowest BCUT2D eigenvalue weighted by Crippen LogP contribution is -2.03. The second-order valence-corrected chi connectivity index (χ2v) is 8.78. The fourth-order valence-electron chi connectivity index (χ4n) is 2.62. The van der Waals surface area contributed by atoms with Crippen LogP contribution in [0, 0.1) is 0 Å². The quantitative estimate of drug-likeness (QED) is 0.236. The summed E-state index contributed by atoms with van der Waals surface area (Å²) in [7, 11) is -9.78. The highest BCUT2D eigenvalue weighted by atomic mass is 32.2. The molecule has 0 aliphatic heterocycles. The summed E-state index contributed by atoms with van der Waals surface area (Å²) in [5.41, 5.74) is -0.790. The molecule has 0 radical (unpaired) electrons. The maximum Gasteiger partial charge on any atom is 0.373 e. The third-order valence-electron chi connectivity index (χ3n) is 3.88. The monoisotopic (exact) mass is 487 g/mol. The van der Waals surface area contributed by atoms with Crippen LogP contribution in [0.4, 0.5) is 11.6 Å². The van der Waals surface area contributed by atoms with Crippen LogP contribution >= 0.6 is 0 Å². The van der Waals surface area contributed by atoms with Crippen molar-refractivity contribution in [2.75, 3.05) is 6.61 Å². The van der Waals surface area contributed by atoms with Crippen molar-refractivity contribution in [1.82, 2.24) is 15.2 Å². The number of phenolic OH excluding ortho intramolecular Hbond substituents is 1. The maximum absolute atomic E-state index is 11.9.